The van der Waals surface area contributed by atoms with E-state index >= 15 is 0 Å². The van der Waals surface area contributed by atoms with Gasteiger partial charge >= 0.3 is 7.12 Å². The molecule has 412 valence electrons. The molecule has 1 aliphatic heterocycles. The smallest absolute Gasteiger partial charge is 0.399 e. The Morgan fingerprint density at radius 1 is 0.407 bits per heavy atom. The lowest BCUT2D eigenvalue weighted by Crippen LogP contribution is -2.41. The van der Waals surface area contributed by atoms with Crippen LogP contribution in [0.2, 0.25) is 0 Å². The number of benzene rings is 10. The van der Waals surface area contributed by atoms with Crippen molar-refractivity contribution in [1.82, 2.24) is 0 Å². The second kappa shape index (κ2) is 19.4. The fraction of sp³-hybridized carbons (Fsp3) is 0.329. The number of carbonyl (C=O) groups excluding carboxylic acids is 1. The molecule has 0 N–H and O–H groups in total. The van der Waals surface area contributed by atoms with Crippen molar-refractivity contribution in [2.24, 2.45) is 10.8 Å². The maximum Gasteiger partial charge on any atom is 0.495 e. The lowest BCUT2D eigenvalue weighted by atomic mass is 9.74. The van der Waals surface area contributed by atoms with Gasteiger partial charge in [-0.2, -0.15) is 0 Å². The van der Waals surface area contributed by atoms with Gasteiger partial charge in [-0.25, -0.2) is 0 Å². The third kappa shape index (κ3) is 9.39. The number of halogens is 1. The van der Waals surface area contributed by atoms with Gasteiger partial charge in [0.25, 0.3) is 0 Å². The molecule has 0 spiro atoms. The van der Waals surface area contributed by atoms with Gasteiger partial charge in [-0.05, 0) is 208 Å². The van der Waals surface area contributed by atoms with Crippen LogP contribution in [0, 0.1) is 31.6 Å². The van der Waals surface area contributed by atoms with Crippen molar-refractivity contribution in [3.8, 4) is 11.1 Å². The first-order valence-electron chi connectivity index (χ1n) is 29.2. The number of hydrogen-bond donors (Lipinski definition) is 0. The number of ketones is 1. The summed E-state index contributed by atoms with van der Waals surface area (Å²) in [6.45, 7) is 41.6. The Kier molecular flexibility index (Phi) is 13.5. The van der Waals surface area contributed by atoms with Gasteiger partial charge in [0.05, 0.1) is 11.2 Å². The van der Waals surface area contributed by atoms with E-state index in [0.717, 1.165) is 21.1 Å². The first-order chi connectivity index (χ1) is 37.8. The Balaban J connectivity index is 0.000000136. The van der Waals surface area contributed by atoms with E-state index in [-0.39, 0.29) is 38.6 Å². The molecule has 2 aliphatic carbocycles. The Bertz CT molecular complexity index is 4220. The van der Waals surface area contributed by atoms with Crippen LogP contribution in [0.1, 0.15) is 150 Å². The minimum atomic E-state index is -0.391. The highest BCUT2D eigenvalue weighted by atomic mass is 79.9. The Morgan fingerprint density at radius 2 is 0.852 bits per heavy atom. The molecule has 0 saturated carbocycles. The molecule has 5 heteroatoms. The van der Waals surface area contributed by atoms with Crippen LogP contribution < -0.4 is 5.46 Å². The van der Waals surface area contributed by atoms with E-state index in [1.54, 1.807) is 0 Å². The molecule has 10 aromatic rings. The molecule has 0 radical (unpaired) electrons. The zero-order valence-corrected chi connectivity index (χ0v) is 53.0. The van der Waals surface area contributed by atoms with Gasteiger partial charge in [0, 0.05) is 15.6 Å². The van der Waals surface area contributed by atoms with Crippen LogP contribution in [0.25, 0.3) is 86.9 Å². The molecule has 3 aliphatic rings. The molecule has 0 bridgehead atoms. The average molecular weight is 1130 g/mol. The number of rotatable bonds is 2. The summed E-state index contributed by atoms with van der Waals surface area (Å²) in [4.78, 5) is 13.5. The predicted molar refractivity (Wildman–Crippen MR) is 354 cm³/mol. The summed E-state index contributed by atoms with van der Waals surface area (Å²) in [6.07, 6.45) is 0. The van der Waals surface area contributed by atoms with Crippen molar-refractivity contribution in [1.29, 1.82) is 0 Å². The maximum absolute atomic E-state index is 13.5. The molecule has 0 unspecified atom stereocenters. The Labute approximate surface area is 490 Å². The van der Waals surface area contributed by atoms with Gasteiger partial charge in [-0.3, -0.25) is 4.79 Å². The fourth-order valence-corrected chi connectivity index (χ4v) is 13.6. The topological polar surface area (TPSA) is 35.5 Å². The minimum Gasteiger partial charge on any atom is -0.399 e. The summed E-state index contributed by atoms with van der Waals surface area (Å²) < 4.78 is 14.1. The van der Waals surface area contributed by atoms with Gasteiger partial charge < -0.3 is 9.31 Å². The minimum absolute atomic E-state index is 0.188. The Morgan fingerprint density at radius 3 is 1.42 bits per heavy atom. The van der Waals surface area contributed by atoms with Gasteiger partial charge in [0.1, 0.15) is 0 Å². The fourth-order valence-electron chi connectivity index (χ4n) is 13.2. The van der Waals surface area contributed by atoms with Gasteiger partial charge in [0.15, 0.2) is 5.78 Å². The maximum atomic E-state index is 13.5. The highest BCUT2D eigenvalue weighted by Crippen LogP contribution is 2.59. The van der Waals surface area contributed by atoms with Crippen molar-refractivity contribution in [3.05, 3.63) is 194 Å². The second-order valence-electron chi connectivity index (χ2n) is 28.6. The van der Waals surface area contributed by atoms with E-state index in [9.17, 15) is 4.79 Å². The molecule has 0 amide bonds. The van der Waals surface area contributed by atoms with E-state index in [2.05, 4.69) is 287 Å². The van der Waals surface area contributed by atoms with E-state index in [1.165, 1.54) is 126 Å². The van der Waals surface area contributed by atoms with Crippen molar-refractivity contribution in [2.75, 3.05) is 0 Å². The summed E-state index contributed by atoms with van der Waals surface area (Å²) >= 11 is 3.69. The molecule has 0 atom stereocenters. The molecule has 0 aromatic heterocycles. The molecule has 81 heavy (non-hydrogen) atoms. The lowest BCUT2D eigenvalue weighted by molar-refractivity contribution is -0.113. The Hall–Kier alpha value is -6.37. The molecule has 10 aromatic carbocycles. The predicted octanol–water partition coefficient (Wildman–Crippen LogP) is 20.9. The van der Waals surface area contributed by atoms with Crippen molar-refractivity contribution in [3.63, 3.8) is 0 Å². The van der Waals surface area contributed by atoms with Gasteiger partial charge in [-0.1, -0.05) is 232 Å². The van der Waals surface area contributed by atoms with Crippen LogP contribution in [-0.4, -0.2) is 24.1 Å². The molecular formula is C76H80BBrO3. The highest BCUT2D eigenvalue weighted by Gasteiger charge is 2.52. The van der Waals surface area contributed by atoms with Crippen LogP contribution in [0.15, 0.2) is 155 Å². The number of fused-ring (bicyclic) bond motifs is 6. The van der Waals surface area contributed by atoms with Crippen molar-refractivity contribution < 1.29 is 14.1 Å². The summed E-state index contributed by atoms with van der Waals surface area (Å²) in [5.74, 6) is 0.232. The summed E-state index contributed by atoms with van der Waals surface area (Å²) in [5, 5.41) is 15.5. The molecule has 1 fully saturated rings. The zero-order valence-electron chi connectivity index (χ0n) is 51.5. The molecule has 1 heterocycles. The lowest BCUT2D eigenvalue weighted by Gasteiger charge is -2.32. The van der Waals surface area contributed by atoms with Crippen LogP contribution >= 0.6 is 15.9 Å². The van der Waals surface area contributed by atoms with Gasteiger partial charge in [0.2, 0.25) is 0 Å². The number of hydrogen-bond acceptors (Lipinski definition) is 3. The van der Waals surface area contributed by atoms with E-state index in [0.29, 0.717) is 0 Å². The highest BCUT2D eigenvalue weighted by molar-refractivity contribution is 9.10. The summed E-state index contributed by atoms with van der Waals surface area (Å²) in [5.41, 5.74) is 16.5. The first-order valence-corrected chi connectivity index (χ1v) is 30.0. The van der Waals surface area contributed by atoms with Gasteiger partial charge in [-0.15, -0.1) is 0 Å². The number of aryl methyl sites for hydroxylation is 3. The zero-order chi connectivity index (χ0) is 58.4. The quantitative estimate of drug-likeness (QED) is 0.0983. The first kappa shape index (κ1) is 56.5. The largest absolute Gasteiger partial charge is 0.495 e. The van der Waals surface area contributed by atoms with Crippen LogP contribution in [0.5, 0.6) is 0 Å². The molecular weight excluding hydrogens is 1050 g/mol. The van der Waals surface area contributed by atoms with Crippen molar-refractivity contribution in [2.45, 2.75) is 154 Å². The SMILES string of the molecule is CC(C)(C)C1=C2C(=C(C(C)(C)C)C1=O)c1ccc(Br)c3cccc2c13.Cc1cc(C(C)(C)C)cc2cc(C(C)(C)C)ccc12.Cc1cccc(C)c1-c1ccc2c3ccc(B4OC(C)(C)C(C)(C)O4)c4cccc(c5cccc1c52)c43. The van der Waals surface area contributed by atoms with Crippen LogP contribution in [-0.2, 0) is 24.9 Å². The van der Waals surface area contributed by atoms with E-state index < -0.39 is 7.12 Å². The third-order valence-corrected chi connectivity index (χ3v) is 18.8. The standard InChI is InChI=1S/C34H31BO2.C23H23BrO.C19H26/c1-20-10-7-11-21(2)30(20)25-16-17-26-27-18-19-29(35-36-33(3,4)34(5,6)37-35)28-15-9-14-23(32(27)28)22-12-8-13-24(25)31(22)26;1-22(2,3)19-17-13-9-7-8-12-15(24)11-10-14(16(12)13)18(17)20(21(19)25)23(4,5)6;1-13-10-16(19(5,6)7)12-14-11-15(18(2,3)4)8-9-17(13)14/h7-19H,1-6H3;7-11H,1-6H3;8-12H,1-7H3. The summed E-state index contributed by atoms with van der Waals surface area (Å²) in [6, 6.07) is 51.4. The number of carbonyl (C=O) groups is 1. The van der Waals surface area contributed by atoms with Crippen molar-refractivity contribution >= 4 is 110 Å². The average Bonchev–Trinajstić information content (AvgIpc) is 4.05. The monoisotopic (exact) mass is 1130 g/mol. The molecule has 13 rings (SSSR count). The molecule has 3 nitrogen and oxygen atoms in total. The van der Waals surface area contributed by atoms with Crippen LogP contribution in [0.3, 0.4) is 0 Å². The molecule has 1 saturated heterocycles. The summed E-state index contributed by atoms with van der Waals surface area (Å²) in [7, 11) is -0.391. The second-order valence-corrected chi connectivity index (χ2v) is 29.4. The third-order valence-electron chi connectivity index (χ3n) is 18.1. The number of Topliss-reactive ketones (excluding diaryl/α,β-unsaturated/α-hetero) is 1. The van der Waals surface area contributed by atoms with Crippen LogP contribution in [0.4, 0.5) is 0 Å². The van der Waals surface area contributed by atoms with E-state index in [4.69, 9.17) is 9.31 Å². The normalized spacial score (nSPS) is 16.1. The number of allylic oxidation sites excluding steroid dienone is 4. The van der Waals surface area contributed by atoms with E-state index in [1.807, 2.05) is 0 Å².